The van der Waals surface area contributed by atoms with Gasteiger partial charge in [-0.3, -0.25) is 9.69 Å². The zero-order valence-electron chi connectivity index (χ0n) is 15.0. The molecule has 2 aromatic rings. The van der Waals surface area contributed by atoms with Crippen LogP contribution in [-0.2, 0) is 6.54 Å². The molecule has 0 spiro atoms. The lowest BCUT2D eigenvalue weighted by atomic mass is 10.2. The second-order valence-corrected chi connectivity index (χ2v) is 7.01. The van der Waals surface area contributed by atoms with Gasteiger partial charge < -0.3 is 9.80 Å². The lowest BCUT2D eigenvalue weighted by Crippen LogP contribution is -2.48. The summed E-state index contributed by atoms with van der Waals surface area (Å²) in [6, 6.07) is 12.3. The Balaban J connectivity index is 1.35. The highest BCUT2D eigenvalue weighted by atomic mass is 16.2. The molecule has 0 radical (unpaired) electrons. The number of anilines is 1. The van der Waals surface area contributed by atoms with Crippen LogP contribution in [0, 0.1) is 0 Å². The molecule has 2 aliphatic rings. The highest BCUT2D eigenvalue weighted by molar-refractivity contribution is 5.93. The summed E-state index contributed by atoms with van der Waals surface area (Å²) in [4.78, 5) is 27.9. The average molecular weight is 351 g/mol. The molecule has 1 aromatic heterocycles. The number of aromatic nitrogens is 2. The molecule has 3 heterocycles. The van der Waals surface area contributed by atoms with Crippen LogP contribution in [0.3, 0.4) is 0 Å². The summed E-state index contributed by atoms with van der Waals surface area (Å²) in [5.74, 6) is 0.899. The van der Waals surface area contributed by atoms with Gasteiger partial charge in [-0.1, -0.05) is 30.3 Å². The maximum absolute atomic E-state index is 12.8. The van der Waals surface area contributed by atoms with Gasteiger partial charge in [0.2, 0.25) is 0 Å². The van der Waals surface area contributed by atoms with Crippen molar-refractivity contribution in [3.05, 3.63) is 54.0 Å². The first kappa shape index (κ1) is 17.0. The van der Waals surface area contributed by atoms with Crippen LogP contribution < -0.4 is 4.90 Å². The Morgan fingerprint density at radius 3 is 2.38 bits per heavy atom. The molecule has 6 nitrogen and oxygen atoms in total. The van der Waals surface area contributed by atoms with E-state index in [9.17, 15) is 4.79 Å². The van der Waals surface area contributed by atoms with Crippen LogP contribution in [0.1, 0.15) is 28.9 Å². The Hall–Kier alpha value is -2.47. The molecular formula is C20H25N5O. The van der Waals surface area contributed by atoms with Crippen molar-refractivity contribution in [1.82, 2.24) is 19.8 Å². The molecule has 0 aliphatic carbocycles. The van der Waals surface area contributed by atoms with E-state index in [4.69, 9.17) is 0 Å². The minimum atomic E-state index is 0.0206. The van der Waals surface area contributed by atoms with Gasteiger partial charge in [-0.25, -0.2) is 9.97 Å². The van der Waals surface area contributed by atoms with Gasteiger partial charge >= 0.3 is 0 Å². The molecule has 1 aromatic carbocycles. The number of nitrogens with zero attached hydrogens (tertiary/aromatic N) is 5. The van der Waals surface area contributed by atoms with Crippen molar-refractivity contribution in [1.29, 1.82) is 0 Å². The van der Waals surface area contributed by atoms with Crippen LogP contribution in [0.2, 0.25) is 0 Å². The summed E-state index contributed by atoms with van der Waals surface area (Å²) in [5, 5.41) is 0. The fourth-order valence-corrected chi connectivity index (χ4v) is 3.70. The molecule has 6 heteroatoms. The Kier molecular flexibility index (Phi) is 5.11. The zero-order chi connectivity index (χ0) is 17.8. The molecule has 0 unspecified atom stereocenters. The number of hydrogen-bond acceptors (Lipinski definition) is 5. The molecule has 4 rings (SSSR count). The van der Waals surface area contributed by atoms with E-state index in [-0.39, 0.29) is 5.91 Å². The van der Waals surface area contributed by atoms with Gasteiger partial charge in [0.1, 0.15) is 17.8 Å². The summed E-state index contributed by atoms with van der Waals surface area (Å²) in [6.07, 6.45) is 3.90. The van der Waals surface area contributed by atoms with Crippen molar-refractivity contribution in [2.45, 2.75) is 19.4 Å². The number of amides is 1. The number of piperazine rings is 1. The first-order chi connectivity index (χ1) is 12.8. The molecule has 136 valence electrons. The molecule has 1 amide bonds. The fourth-order valence-electron chi connectivity index (χ4n) is 3.70. The molecule has 2 fully saturated rings. The zero-order valence-corrected chi connectivity index (χ0v) is 15.0. The summed E-state index contributed by atoms with van der Waals surface area (Å²) in [7, 11) is 0. The highest BCUT2D eigenvalue weighted by Crippen LogP contribution is 2.18. The molecule has 2 aliphatic heterocycles. The van der Waals surface area contributed by atoms with E-state index in [0.717, 1.165) is 51.6 Å². The Morgan fingerprint density at radius 2 is 1.65 bits per heavy atom. The van der Waals surface area contributed by atoms with Gasteiger partial charge in [-0.15, -0.1) is 0 Å². The van der Waals surface area contributed by atoms with E-state index in [1.165, 1.54) is 24.7 Å². The van der Waals surface area contributed by atoms with Gasteiger partial charge in [0.05, 0.1) is 0 Å². The molecular weight excluding hydrogens is 326 g/mol. The smallest absolute Gasteiger partial charge is 0.272 e. The molecule has 0 saturated carbocycles. The van der Waals surface area contributed by atoms with Crippen LogP contribution >= 0.6 is 0 Å². The van der Waals surface area contributed by atoms with Crippen molar-refractivity contribution < 1.29 is 4.79 Å². The third-order valence-corrected chi connectivity index (χ3v) is 5.21. The predicted molar refractivity (Wildman–Crippen MR) is 101 cm³/mol. The van der Waals surface area contributed by atoms with Gasteiger partial charge in [0.25, 0.3) is 5.91 Å². The lowest BCUT2D eigenvalue weighted by Gasteiger charge is -2.34. The maximum atomic E-state index is 12.8. The predicted octanol–water partition coefficient (Wildman–Crippen LogP) is 2.03. The first-order valence-corrected chi connectivity index (χ1v) is 9.42. The van der Waals surface area contributed by atoms with E-state index in [2.05, 4.69) is 44.0 Å². The van der Waals surface area contributed by atoms with Crippen LogP contribution in [0.5, 0.6) is 0 Å². The highest BCUT2D eigenvalue weighted by Gasteiger charge is 2.24. The number of hydrogen-bond donors (Lipinski definition) is 0. The maximum Gasteiger partial charge on any atom is 0.272 e. The number of carbonyl (C=O) groups excluding carboxylic acids is 1. The summed E-state index contributed by atoms with van der Waals surface area (Å²) in [5.41, 5.74) is 1.83. The minimum absolute atomic E-state index is 0.0206. The normalized spacial score (nSPS) is 18.3. The van der Waals surface area contributed by atoms with E-state index >= 15 is 0 Å². The van der Waals surface area contributed by atoms with Gasteiger partial charge in [-0.2, -0.15) is 0 Å². The van der Waals surface area contributed by atoms with Crippen LogP contribution in [-0.4, -0.2) is 64.9 Å². The SMILES string of the molecule is O=C(c1cc(N2CCCC2)ncn1)N1CCN(Cc2ccccc2)CC1. The lowest BCUT2D eigenvalue weighted by molar-refractivity contribution is 0.0622. The molecule has 26 heavy (non-hydrogen) atoms. The van der Waals surface area contributed by atoms with Crippen molar-refractivity contribution in [3.8, 4) is 0 Å². The van der Waals surface area contributed by atoms with E-state index in [0.29, 0.717) is 5.69 Å². The second kappa shape index (κ2) is 7.83. The van der Waals surface area contributed by atoms with Crippen LogP contribution in [0.15, 0.2) is 42.7 Å². The molecule has 0 atom stereocenters. The molecule has 0 bridgehead atoms. The summed E-state index contributed by atoms with van der Waals surface area (Å²) in [6.45, 7) is 6.25. The van der Waals surface area contributed by atoms with Crippen molar-refractivity contribution >= 4 is 11.7 Å². The monoisotopic (exact) mass is 351 g/mol. The minimum Gasteiger partial charge on any atom is -0.357 e. The van der Waals surface area contributed by atoms with Crippen molar-refractivity contribution in [2.75, 3.05) is 44.2 Å². The third-order valence-electron chi connectivity index (χ3n) is 5.21. The van der Waals surface area contributed by atoms with E-state index < -0.39 is 0 Å². The Labute approximate surface area is 154 Å². The Morgan fingerprint density at radius 1 is 0.923 bits per heavy atom. The quantitative estimate of drug-likeness (QED) is 0.844. The number of benzene rings is 1. The van der Waals surface area contributed by atoms with Crippen LogP contribution in [0.25, 0.3) is 0 Å². The topological polar surface area (TPSA) is 52.6 Å². The average Bonchev–Trinajstić information content (AvgIpc) is 3.24. The summed E-state index contributed by atoms with van der Waals surface area (Å²) < 4.78 is 0. The van der Waals surface area contributed by atoms with Gasteiger partial charge in [0.15, 0.2) is 0 Å². The van der Waals surface area contributed by atoms with Crippen molar-refractivity contribution in [3.63, 3.8) is 0 Å². The standard InChI is InChI=1S/C20H25N5O/c26-20(18-14-19(22-16-21-18)24-8-4-5-9-24)25-12-10-23(11-13-25)15-17-6-2-1-3-7-17/h1-3,6-7,14,16H,4-5,8-13,15H2. The van der Waals surface area contributed by atoms with Gasteiger partial charge in [-0.05, 0) is 18.4 Å². The molecule has 0 N–H and O–H groups in total. The van der Waals surface area contributed by atoms with Gasteiger partial charge in [0, 0.05) is 51.9 Å². The number of rotatable bonds is 4. The number of carbonyl (C=O) groups is 1. The second-order valence-electron chi connectivity index (χ2n) is 7.01. The largest absolute Gasteiger partial charge is 0.357 e. The van der Waals surface area contributed by atoms with Crippen molar-refractivity contribution in [2.24, 2.45) is 0 Å². The summed E-state index contributed by atoms with van der Waals surface area (Å²) >= 11 is 0. The Bertz CT molecular complexity index is 737. The van der Waals surface area contributed by atoms with Crippen LogP contribution in [0.4, 0.5) is 5.82 Å². The van der Waals surface area contributed by atoms with E-state index in [1.807, 2.05) is 17.0 Å². The fraction of sp³-hybridized carbons (Fsp3) is 0.450. The third kappa shape index (κ3) is 3.85. The van der Waals surface area contributed by atoms with E-state index in [1.54, 1.807) is 0 Å². The molecule has 2 saturated heterocycles. The first-order valence-electron chi connectivity index (χ1n) is 9.42.